The van der Waals surface area contributed by atoms with E-state index < -0.39 is 10.0 Å². The lowest BCUT2D eigenvalue weighted by molar-refractivity contribution is 0.114. The Kier molecular flexibility index (Phi) is 9.86. The van der Waals surface area contributed by atoms with E-state index in [4.69, 9.17) is 14.5 Å². The maximum atomic E-state index is 12.4. The minimum absolute atomic E-state index is 0.240. The lowest BCUT2D eigenvalue weighted by Crippen LogP contribution is -2.40. The third-order valence-electron chi connectivity index (χ3n) is 4.70. The van der Waals surface area contributed by atoms with E-state index in [0.717, 1.165) is 50.8 Å². The quantitative estimate of drug-likeness (QED) is 0.316. The van der Waals surface area contributed by atoms with Crippen LogP contribution in [0.3, 0.4) is 0 Å². The molecule has 1 heterocycles. The topological polar surface area (TPSA) is 92.3 Å². The van der Waals surface area contributed by atoms with Gasteiger partial charge in [-0.2, -0.15) is 0 Å². The van der Waals surface area contributed by atoms with Crippen molar-refractivity contribution in [3.63, 3.8) is 0 Å². The largest absolute Gasteiger partial charge is 0.383 e. The highest BCUT2D eigenvalue weighted by atomic mass is 32.2. The highest BCUT2D eigenvalue weighted by molar-refractivity contribution is 7.89. The van der Waals surface area contributed by atoms with Gasteiger partial charge in [-0.05, 0) is 38.0 Å². The second-order valence-electron chi connectivity index (χ2n) is 6.97. The molecule has 8 nitrogen and oxygen atoms in total. The van der Waals surface area contributed by atoms with Crippen molar-refractivity contribution in [3.8, 4) is 0 Å². The van der Waals surface area contributed by atoms with Crippen LogP contribution in [0.1, 0.15) is 25.8 Å². The van der Waals surface area contributed by atoms with Gasteiger partial charge in [0, 0.05) is 45.8 Å². The molecule has 9 heteroatoms. The Labute approximate surface area is 174 Å². The molecule has 1 aromatic carbocycles. The highest BCUT2D eigenvalue weighted by Crippen LogP contribution is 2.17. The van der Waals surface area contributed by atoms with Crippen molar-refractivity contribution in [2.75, 3.05) is 53.1 Å². The van der Waals surface area contributed by atoms with Gasteiger partial charge < -0.3 is 19.7 Å². The fraction of sp³-hybridized carbons (Fsp3) is 0.650. The zero-order chi connectivity index (χ0) is 21.1. The molecular formula is C20H34N4O4S. The number of methoxy groups -OCH3 is 1. The van der Waals surface area contributed by atoms with Crippen molar-refractivity contribution in [3.05, 3.63) is 29.8 Å². The van der Waals surface area contributed by atoms with Gasteiger partial charge >= 0.3 is 0 Å². The zero-order valence-electron chi connectivity index (χ0n) is 17.7. The number of nitrogens with zero attached hydrogens (tertiary/aromatic N) is 2. The van der Waals surface area contributed by atoms with Gasteiger partial charge in [0.15, 0.2) is 5.96 Å². The number of nitrogens with one attached hydrogen (secondary N) is 2. The molecule has 1 fully saturated rings. The van der Waals surface area contributed by atoms with Gasteiger partial charge in [0.25, 0.3) is 0 Å². The predicted octanol–water partition coefficient (Wildman–Crippen LogP) is 1.44. The number of rotatable bonds is 11. The standard InChI is InChI=1S/C20H34N4O4S/c1-4-21-20(24-11-9-18(15-24)16-28-5-2)22-14-17-7-6-8-19(13-17)29(25,26)23-10-12-27-3/h6-8,13,18,23H,4-5,9-12,14-16H2,1-3H3,(H,21,22). The molecule has 0 bridgehead atoms. The van der Waals surface area contributed by atoms with Crippen LogP contribution in [-0.2, 0) is 26.0 Å². The molecule has 1 aliphatic rings. The number of ether oxygens (including phenoxy) is 2. The van der Waals surface area contributed by atoms with E-state index in [1.165, 1.54) is 7.11 Å². The number of benzene rings is 1. The van der Waals surface area contributed by atoms with Crippen LogP contribution < -0.4 is 10.0 Å². The van der Waals surface area contributed by atoms with Gasteiger partial charge in [-0.3, -0.25) is 0 Å². The van der Waals surface area contributed by atoms with E-state index in [2.05, 4.69) is 14.9 Å². The van der Waals surface area contributed by atoms with Gasteiger partial charge in [0.1, 0.15) is 0 Å². The summed E-state index contributed by atoms with van der Waals surface area (Å²) in [5.41, 5.74) is 0.847. The Hall–Kier alpha value is -1.68. The van der Waals surface area contributed by atoms with Gasteiger partial charge in [0.05, 0.1) is 24.7 Å². The fourth-order valence-electron chi connectivity index (χ4n) is 3.21. The van der Waals surface area contributed by atoms with Crippen LogP contribution in [-0.4, -0.2) is 72.4 Å². The van der Waals surface area contributed by atoms with Crippen LogP contribution in [0.5, 0.6) is 0 Å². The summed E-state index contributed by atoms with van der Waals surface area (Å²) in [6, 6.07) is 6.90. The van der Waals surface area contributed by atoms with Gasteiger partial charge in [-0.1, -0.05) is 12.1 Å². The van der Waals surface area contributed by atoms with Crippen molar-refractivity contribution in [2.24, 2.45) is 10.9 Å². The summed E-state index contributed by atoms with van der Waals surface area (Å²) in [6.07, 6.45) is 1.09. The summed E-state index contributed by atoms with van der Waals surface area (Å²) < 4.78 is 37.8. The minimum Gasteiger partial charge on any atom is -0.383 e. The molecule has 0 radical (unpaired) electrons. The van der Waals surface area contributed by atoms with Gasteiger partial charge in [-0.25, -0.2) is 18.1 Å². The molecule has 0 amide bonds. The molecule has 2 N–H and O–H groups in total. The van der Waals surface area contributed by atoms with Gasteiger partial charge in [-0.15, -0.1) is 0 Å². The molecule has 0 aromatic heterocycles. The van der Waals surface area contributed by atoms with E-state index in [9.17, 15) is 8.42 Å². The summed E-state index contributed by atoms with van der Waals surface area (Å²) in [5, 5.41) is 3.34. The van der Waals surface area contributed by atoms with E-state index >= 15 is 0 Å². The second kappa shape index (κ2) is 12.1. The van der Waals surface area contributed by atoms with Crippen LogP contribution in [0.15, 0.2) is 34.2 Å². The summed E-state index contributed by atoms with van der Waals surface area (Å²) in [4.78, 5) is 7.22. The van der Waals surface area contributed by atoms with Crippen molar-refractivity contribution in [1.29, 1.82) is 0 Å². The first-order valence-corrected chi connectivity index (χ1v) is 11.7. The molecule has 0 spiro atoms. The molecule has 0 saturated carbocycles. The molecule has 1 saturated heterocycles. The molecule has 2 rings (SSSR count). The van der Waals surface area contributed by atoms with Crippen molar-refractivity contribution >= 4 is 16.0 Å². The van der Waals surface area contributed by atoms with Crippen LogP contribution in [0.2, 0.25) is 0 Å². The first kappa shape index (κ1) is 23.6. The van der Waals surface area contributed by atoms with Crippen molar-refractivity contribution < 1.29 is 17.9 Å². The Bertz CT molecular complexity index is 755. The summed E-state index contributed by atoms with van der Waals surface area (Å²) >= 11 is 0. The van der Waals surface area contributed by atoms with Crippen molar-refractivity contribution in [1.82, 2.24) is 14.9 Å². The average Bonchev–Trinajstić information content (AvgIpc) is 3.18. The Balaban J connectivity index is 2.04. The number of hydrogen-bond acceptors (Lipinski definition) is 5. The fourth-order valence-corrected chi connectivity index (χ4v) is 4.29. The normalized spacial score (nSPS) is 17.7. The smallest absolute Gasteiger partial charge is 0.240 e. The van der Waals surface area contributed by atoms with Crippen LogP contribution in [0.4, 0.5) is 0 Å². The lowest BCUT2D eigenvalue weighted by atomic mass is 10.1. The molecule has 29 heavy (non-hydrogen) atoms. The maximum Gasteiger partial charge on any atom is 0.240 e. The van der Waals surface area contributed by atoms with E-state index in [0.29, 0.717) is 19.1 Å². The number of likely N-dealkylation sites (tertiary alicyclic amines) is 1. The van der Waals surface area contributed by atoms with Gasteiger partial charge in [0.2, 0.25) is 10.0 Å². The third kappa shape index (κ3) is 7.58. The summed E-state index contributed by atoms with van der Waals surface area (Å²) in [7, 11) is -2.02. The molecule has 1 aromatic rings. The van der Waals surface area contributed by atoms with E-state index in [1.807, 2.05) is 19.9 Å². The molecule has 1 unspecified atom stereocenters. The second-order valence-corrected chi connectivity index (χ2v) is 8.74. The number of hydrogen-bond donors (Lipinski definition) is 2. The SMILES string of the molecule is CCNC(=NCc1cccc(S(=O)(=O)NCCOC)c1)N1CCC(COCC)C1. The first-order chi connectivity index (χ1) is 14.0. The Morgan fingerprint density at radius 3 is 2.90 bits per heavy atom. The maximum absolute atomic E-state index is 12.4. The summed E-state index contributed by atoms with van der Waals surface area (Å²) in [6.45, 7) is 9.21. The summed E-state index contributed by atoms with van der Waals surface area (Å²) in [5.74, 6) is 1.38. The number of guanidine groups is 1. The van der Waals surface area contributed by atoms with Crippen LogP contribution >= 0.6 is 0 Å². The molecular weight excluding hydrogens is 392 g/mol. The first-order valence-electron chi connectivity index (χ1n) is 10.2. The molecule has 0 aliphatic carbocycles. The minimum atomic E-state index is -3.55. The number of sulfonamides is 1. The monoisotopic (exact) mass is 426 g/mol. The van der Waals surface area contributed by atoms with E-state index in [-0.39, 0.29) is 11.4 Å². The molecule has 1 aliphatic heterocycles. The predicted molar refractivity (Wildman–Crippen MR) is 114 cm³/mol. The lowest BCUT2D eigenvalue weighted by Gasteiger charge is -2.21. The Morgan fingerprint density at radius 2 is 2.17 bits per heavy atom. The average molecular weight is 427 g/mol. The Morgan fingerprint density at radius 1 is 1.34 bits per heavy atom. The van der Waals surface area contributed by atoms with E-state index in [1.54, 1.807) is 18.2 Å². The highest BCUT2D eigenvalue weighted by Gasteiger charge is 2.24. The zero-order valence-corrected chi connectivity index (χ0v) is 18.5. The molecule has 164 valence electrons. The van der Waals surface area contributed by atoms with Crippen LogP contribution in [0.25, 0.3) is 0 Å². The third-order valence-corrected chi connectivity index (χ3v) is 6.16. The molecule has 1 atom stereocenters. The number of aliphatic imine (C=N–C) groups is 1. The van der Waals surface area contributed by atoms with Crippen molar-refractivity contribution in [2.45, 2.75) is 31.7 Å². The van der Waals surface area contributed by atoms with Crippen LogP contribution in [0, 0.1) is 5.92 Å².